The van der Waals surface area contributed by atoms with Crippen molar-refractivity contribution in [1.82, 2.24) is 14.5 Å². The molecule has 0 radical (unpaired) electrons. The highest BCUT2D eigenvalue weighted by Crippen LogP contribution is 2.33. The van der Waals surface area contributed by atoms with E-state index in [1.165, 1.54) is 11.1 Å². The molecule has 13 heteroatoms. The van der Waals surface area contributed by atoms with E-state index < -0.39 is 22.1 Å². The van der Waals surface area contributed by atoms with Crippen LogP contribution in [0.1, 0.15) is 12.7 Å². The van der Waals surface area contributed by atoms with Crippen LogP contribution in [0.25, 0.3) is 11.0 Å². The van der Waals surface area contributed by atoms with Gasteiger partial charge in [0, 0.05) is 29.0 Å². The van der Waals surface area contributed by atoms with E-state index in [9.17, 15) is 20.0 Å². The lowest BCUT2D eigenvalue weighted by molar-refractivity contribution is -0.389. The number of ether oxygens (including phenoxy) is 2. The molecule has 1 amide bonds. The van der Waals surface area contributed by atoms with Gasteiger partial charge < -0.3 is 34.0 Å². The summed E-state index contributed by atoms with van der Waals surface area (Å²) in [6, 6.07) is 16.9. The Morgan fingerprint density at radius 1 is 1.25 bits per heavy atom. The molecule has 2 aromatic carbocycles. The van der Waals surface area contributed by atoms with E-state index in [-0.39, 0.29) is 31.0 Å². The van der Waals surface area contributed by atoms with Gasteiger partial charge in [-0.05, 0) is 48.2 Å². The molecule has 40 heavy (non-hydrogen) atoms. The predicted molar refractivity (Wildman–Crippen MR) is 145 cm³/mol. The molecule has 1 N–H and O–H groups in total. The van der Waals surface area contributed by atoms with Crippen molar-refractivity contribution in [2.75, 3.05) is 24.6 Å². The molecule has 2 aliphatic heterocycles. The van der Waals surface area contributed by atoms with Gasteiger partial charge in [0.05, 0.1) is 19.1 Å². The number of anilines is 1. The Morgan fingerprint density at radius 3 is 2.73 bits per heavy atom. The Bertz CT molecular complexity index is 1510. The maximum atomic E-state index is 12.0. The van der Waals surface area contributed by atoms with Gasteiger partial charge in [-0.1, -0.05) is 29.8 Å². The maximum absolute atomic E-state index is 12.0. The maximum Gasteiger partial charge on any atom is 0.415 e. The summed E-state index contributed by atoms with van der Waals surface area (Å²) in [6.45, 7) is 2.96. The number of fused-ring (bicyclic) bond motifs is 2. The van der Waals surface area contributed by atoms with Crippen LogP contribution >= 0.6 is 11.6 Å². The highest BCUT2D eigenvalue weighted by molar-refractivity contribution is 6.22. The quantitative estimate of drug-likeness (QED) is 0.145. The average Bonchev–Trinajstić information content (AvgIpc) is 3.59. The molecular formula is C27H26ClN5O7. The predicted octanol–water partition coefficient (Wildman–Crippen LogP) is 4.74. The summed E-state index contributed by atoms with van der Waals surface area (Å²) in [5, 5.41) is 21.7. The van der Waals surface area contributed by atoms with Crippen molar-refractivity contribution in [1.29, 1.82) is 0 Å². The van der Waals surface area contributed by atoms with E-state index in [4.69, 9.17) is 25.5 Å². The zero-order valence-corrected chi connectivity index (χ0v) is 22.2. The molecule has 0 bridgehead atoms. The van der Waals surface area contributed by atoms with Crippen LogP contribution in [0.5, 0.6) is 11.8 Å². The van der Waals surface area contributed by atoms with Crippen LogP contribution in [0.2, 0.25) is 0 Å². The van der Waals surface area contributed by atoms with Gasteiger partial charge in [0.25, 0.3) is 0 Å². The van der Waals surface area contributed by atoms with Crippen molar-refractivity contribution in [2.45, 2.75) is 37.0 Å². The average molecular weight is 568 g/mol. The fourth-order valence-corrected chi connectivity index (χ4v) is 5.56. The van der Waals surface area contributed by atoms with Crippen molar-refractivity contribution in [3.63, 3.8) is 0 Å². The summed E-state index contributed by atoms with van der Waals surface area (Å²) < 4.78 is 19.4. The van der Waals surface area contributed by atoms with Crippen LogP contribution in [0.3, 0.4) is 0 Å². The zero-order valence-electron chi connectivity index (χ0n) is 21.5. The van der Waals surface area contributed by atoms with E-state index in [1.54, 1.807) is 4.57 Å². The summed E-state index contributed by atoms with van der Waals surface area (Å²) in [5.41, 5.74) is 0.324. The summed E-state index contributed by atoms with van der Waals surface area (Å²) in [4.78, 5) is 29.6. The number of alkyl halides is 1. The van der Waals surface area contributed by atoms with Gasteiger partial charge >= 0.3 is 17.9 Å². The number of aromatic nitrogens is 2. The molecule has 0 spiro atoms. The second-order valence-electron chi connectivity index (χ2n) is 10.2. The molecule has 6 rings (SSSR count). The van der Waals surface area contributed by atoms with E-state index in [2.05, 4.69) is 4.98 Å². The van der Waals surface area contributed by atoms with Gasteiger partial charge in [0.1, 0.15) is 35.4 Å². The Hall–Kier alpha value is -4.45. The minimum absolute atomic E-state index is 0.142. The molecule has 2 unspecified atom stereocenters. The van der Waals surface area contributed by atoms with Crippen LogP contribution in [0.4, 0.5) is 16.3 Å². The Kier molecular flexibility index (Phi) is 6.41. The number of para-hydroxylation sites is 1. The standard InChI is InChI=1S/C27H26ClN5O7/c1-27(15-30-14-24(33(36)37)29-25(30)40-27)16-38-20-8-6-18(7-9-20)31-12-19(32(26(34)35)13-23(31)28)11-21-10-17-4-2-3-5-22(17)39-21/h2-10,14,19,23H,11-13,15-16H2,1H3,(H,34,35)/t19-,23?,27?/m1/s1. The third-order valence-electron chi connectivity index (χ3n) is 7.16. The number of imidazole rings is 1. The van der Waals surface area contributed by atoms with Gasteiger partial charge in [-0.15, -0.1) is 0 Å². The molecule has 4 heterocycles. The van der Waals surface area contributed by atoms with Crippen LogP contribution < -0.4 is 14.4 Å². The van der Waals surface area contributed by atoms with Crippen molar-refractivity contribution in [3.05, 3.63) is 76.7 Å². The molecular weight excluding hydrogens is 542 g/mol. The second kappa shape index (κ2) is 9.94. The summed E-state index contributed by atoms with van der Waals surface area (Å²) >= 11 is 6.66. The molecule has 2 aliphatic rings. The third-order valence-corrected chi connectivity index (χ3v) is 7.54. The monoisotopic (exact) mass is 567 g/mol. The molecule has 4 aromatic rings. The highest BCUT2D eigenvalue weighted by atomic mass is 35.5. The first-order chi connectivity index (χ1) is 19.2. The van der Waals surface area contributed by atoms with Crippen LogP contribution in [-0.2, 0) is 13.0 Å². The number of nitrogens with zero attached hydrogens (tertiary/aromatic N) is 5. The largest absolute Gasteiger partial charge is 0.489 e. The summed E-state index contributed by atoms with van der Waals surface area (Å²) in [6.07, 6.45) is 0.750. The minimum Gasteiger partial charge on any atom is -0.489 e. The summed E-state index contributed by atoms with van der Waals surface area (Å²) in [5.74, 6) is 1.07. The number of carboxylic acid groups (broad SMARTS) is 1. The lowest BCUT2D eigenvalue weighted by Crippen LogP contribution is -2.58. The summed E-state index contributed by atoms with van der Waals surface area (Å²) in [7, 11) is 0. The Balaban J connectivity index is 1.11. The first-order valence-corrected chi connectivity index (χ1v) is 13.1. The second-order valence-corrected chi connectivity index (χ2v) is 10.7. The fourth-order valence-electron chi connectivity index (χ4n) is 5.22. The van der Waals surface area contributed by atoms with Crippen LogP contribution in [-0.4, -0.2) is 67.4 Å². The minimum atomic E-state index is -1.02. The number of benzene rings is 2. The van der Waals surface area contributed by atoms with E-state index in [1.807, 2.05) is 66.4 Å². The number of hydrogen-bond donors (Lipinski definition) is 1. The van der Waals surface area contributed by atoms with E-state index in [0.717, 1.165) is 16.7 Å². The first kappa shape index (κ1) is 25.8. The van der Waals surface area contributed by atoms with Crippen LogP contribution in [0, 0.1) is 10.1 Å². The first-order valence-electron chi connectivity index (χ1n) is 12.7. The molecule has 3 atom stereocenters. The molecule has 1 saturated heterocycles. The number of piperazine rings is 1. The number of furan rings is 1. The van der Waals surface area contributed by atoms with Crippen LogP contribution in [0.15, 0.2) is 65.2 Å². The topological polar surface area (TPSA) is 136 Å². The number of halogens is 1. The third kappa shape index (κ3) is 4.97. The molecule has 208 valence electrons. The number of amides is 1. The van der Waals surface area contributed by atoms with Crippen molar-refractivity contribution in [2.24, 2.45) is 0 Å². The molecule has 1 fully saturated rings. The van der Waals surface area contributed by atoms with Gasteiger partial charge in [0.15, 0.2) is 5.60 Å². The lowest BCUT2D eigenvalue weighted by atomic mass is 10.1. The van der Waals surface area contributed by atoms with Gasteiger partial charge in [-0.3, -0.25) is 9.47 Å². The molecule has 12 nitrogen and oxygen atoms in total. The highest BCUT2D eigenvalue weighted by Gasteiger charge is 2.41. The van der Waals surface area contributed by atoms with Gasteiger partial charge in [-0.25, -0.2) is 4.79 Å². The number of rotatable bonds is 7. The fraction of sp³-hybridized carbons (Fsp3) is 0.333. The van der Waals surface area contributed by atoms with Crippen molar-refractivity contribution >= 4 is 40.2 Å². The van der Waals surface area contributed by atoms with Crippen molar-refractivity contribution in [3.8, 4) is 11.8 Å². The smallest absolute Gasteiger partial charge is 0.415 e. The van der Waals surface area contributed by atoms with E-state index in [0.29, 0.717) is 31.0 Å². The Morgan fingerprint density at radius 2 is 2.02 bits per heavy atom. The Labute approximate surface area is 233 Å². The number of carbonyl (C=O) groups is 1. The zero-order chi connectivity index (χ0) is 28.0. The number of hydrogen-bond acceptors (Lipinski definition) is 8. The van der Waals surface area contributed by atoms with Gasteiger partial charge in [-0.2, -0.15) is 0 Å². The number of nitro groups is 1. The molecule has 0 saturated carbocycles. The van der Waals surface area contributed by atoms with Crippen molar-refractivity contribution < 1.29 is 28.7 Å². The SMILES string of the molecule is CC1(COc2ccc(N3C[C@@H](Cc4cc5ccccc5o4)N(C(=O)O)CC3Cl)cc2)Cn2cc([N+](=O)[O-])nc2O1. The lowest BCUT2D eigenvalue weighted by Gasteiger charge is -2.43. The molecule has 0 aliphatic carbocycles. The molecule has 2 aromatic heterocycles. The van der Waals surface area contributed by atoms with E-state index >= 15 is 0 Å². The normalized spacial score (nSPS) is 22.2. The van der Waals surface area contributed by atoms with Gasteiger partial charge in [0.2, 0.25) is 0 Å².